The average Bonchev–Trinajstić information content (AvgIpc) is 2.55. The lowest BCUT2D eigenvalue weighted by molar-refractivity contribution is -0.140. The fourth-order valence-corrected chi connectivity index (χ4v) is 2.64. The molecule has 8 heteroatoms. The summed E-state index contributed by atoms with van der Waals surface area (Å²) in [6.45, 7) is 2.10. The number of methoxy groups -OCH3 is 1. The minimum atomic E-state index is -0.668. The number of allylic oxidation sites excluding steroid dienone is 1. The molecule has 2 amide bonds. The van der Waals surface area contributed by atoms with Gasteiger partial charge in [-0.15, -0.1) is 0 Å². The minimum Gasteiger partial charge on any atom is -0.460 e. The van der Waals surface area contributed by atoms with Gasteiger partial charge in [-0.3, -0.25) is 0 Å². The van der Waals surface area contributed by atoms with Crippen LogP contribution in [0.4, 0.5) is 4.79 Å². The van der Waals surface area contributed by atoms with Crippen LogP contribution in [0.5, 0.6) is 0 Å². The molecule has 0 fully saturated rings. The van der Waals surface area contributed by atoms with Gasteiger partial charge in [0.15, 0.2) is 0 Å². The van der Waals surface area contributed by atoms with Crippen molar-refractivity contribution in [2.24, 2.45) is 0 Å². The maximum Gasteiger partial charge on any atom is 0.338 e. The quantitative estimate of drug-likeness (QED) is 0.636. The lowest BCUT2D eigenvalue weighted by Crippen LogP contribution is -2.46. The summed E-state index contributed by atoms with van der Waals surface area (Å²) in [5.74, 6) is -0.521. The first-order valence-corrected chi connectivity index (χ1v) is 7.98. The first kappa shape index (κ1) is 18.6. The predicted molar refractivity (Wildman–Crippen MR) is 91.0 cm³/mol. The van der Waals surface area contributed by atoms with E-state index in [-0.39, 0.29) is 19.2 Å². The second-order valence-corrected chi connectivity index (χ2v) is 6.06. The highest BCUT2D eigenvalue weighted by Crippen LogP contribution is 2.33. The third-order valence-electron chi connectivity index (χ3n) is 3.77. The first-order valence-electron chi connectivity index (χ1n) is 7.22. The molecule has 0 spiro atoms. The molecule has 0 bridgehead atoms. The molecule has 1 N–H and O–H groups in total. The Labute approximate surface area is 150 Å². The summed E-state index contributed by atoms with van der Waals surface area (Å²) in [6.07, 6.45) is 0. The van der Waals surface area contributed by atoms with Crippen LogP contribution in [0.15, 0.2) is 29.5 Å². The number of benzene rings is 1. The van der Waals surface area contributed by atoms with E-state index in [9.17, 15) is 9.59 Å². The Morgan fingerprint density at radius 3 is 2.62 bits per heavy atom. The van der Waals surface area contributed by atoms with Crippen molar-refractivity contribution >= 4 is 35.2 Å². The van der Waals surface area contributed by atoms with E-state index in [4.69, 9.17) is 32.7 Å². The molecule has 0 aliphatic carbocycles. The van der Waals surface area contributed by atoms with E-state index in [2.05, 4.69) is 5.32 Å². The van der Waals surface area contributed by atoms with Crippen molar-refractivity contribution in [3.8, 4) is 0 Å². The molecule has 1 aromatic carbocycles. The summed E-state index contributed by atoms with van der Waals surface area (Å²) in [5, 5.41) is 3.51. The number of carbonyl (C=O) groups is 2. The van der Waals surface area contributed by atoms with E-state index in [0.717, 1.165) is 0 Å². The Hall–Kier alpha value is -1.76. The van der Waals surface area contributed by atoms with E-state index in [1.807, 2.05) is 0 Å². The Bertz CT molecular complexity index is 691. The van der Waals surface area contributed by atoms with Gasteiger partial charge in [-0.2, -0.15) is 0 Å². The summed E-state index contributed by atoms with van der Waals surface area (Å²) < 4.78 is 10.1. The maximum absolute atomic E-state index is 12.5. The fourth-order valence-electron chi connectivity index (χ4n) is 2.34. The lowest BCUT2D eigenvalue weighted by Gasteiger charge is -2.33. The maximum atomic E-state index is 12.5. The van der Waals surface area contributed by atoms with E-state index in [0.29, 0.717) is 26.9 Å². The molecular formula is C16H18Cl2N2O4. The van der Waals surface area contributed by atoms with Crippen molar-refractivity contribution in [3.63, 3.8) is 0 Å². The molecule has 1 aliphatic heterocycles. The molecule has 1 unspecified atom stereocenters. The van der Waals surface area contributed by atoms with E-state index < -0.39 is 12.0 Å². The van der Waals surface area contributed by atoms with E-state index >= 15 is 0 Å². The van der Waals surface area contributed by atoms with Gasteiger partial charge in [0.25, 0.3) is 0 Å². The van der Waals surface area contributed by atoms with Gasteiger partial charge in [-0.05, 0) is 24.6 Å². The molecule has 1 heterocycles. The number of nitrogens with one attached hydrogen (secondary N) is 1. The van der Waals surface area contributed by atoms with Crippen LogP contribution in [-0.2, 0) is 14.3 Å². The number of hydrogen-bond acceptors (Lipinski definition) is 4. The zero-order valence-electron chi connectivity index (χ0n) is 13.6. The molecule has 0 saturated heterocycles. The van der Waals surface area contributed by atoms with Crippen molar-refractivity contribution in [2.45, 2.75) is 13.0 Å². The van der Waals surface area contributed by atoms with Crippen LogP contribution in [0.25, 0.3) is 0 Å². The Kier molecular flexibility index (Phi) is 6.10. The highest BCUT2D eigenvalue weighted by molar-refractivity contribution is 6.42. The summed E-state index contributed by atoms with van der Waals surface area (Å²) in [4.78, 5) is 26.0. The number of halogens is 2. The van der Waals surface area contributed by atoms with Crippen LogP contribution in [0.2, 0.25) is 10.0 Å². The Morgan fingerprint density at radius 2 is 2.00 bits per heavy atom. The monoisotopic (exact) mass is 372 g/mol. The highest BCUT2D eigenvalue weighted by Gasteiger charge is 2.35. The SMILES string of the molecule is COCCOC(=O)C1=C(C)N(C)C(=O)NC1c1ccc(Cl)c(Cl)c1. The largest absolute Gasteiger partial charge is 0.460 e. The molecule has 130 valence electrons. The summed E-state index contributed by atoms with van der Waals surface area (Å²) in [7, 11) is 3.10. The molecule has 0 radical (unpaired) electrons. The number of amides is 2. The molecule has 1 atom stereocenters. The number of urea groups is 1. The zero-order chi connectivity index (χ0) is 17.9. The van der Waals surface area contributed by atoms with Crippen molar-refractivity contribution in [1.82, 2.24) is 10.2 Å². The summed E-state index contributed by atoms with van der Waals surface area (Å²) in [6, 6.07) is 3.96. The van der Waals surface area contributed by atoms with Gasteiger partial charge < -0.3 is 19.7 Å². The topological polar surface area (TPSA) is 67.9 Å². The first-order chi connectivity index (χ1) is 11.4. The molecule has 6 nitrogen and oxygen atoms in total. The van der Waals surface area contributed by atoms with Gasteiger partial charge in [-0.25, -0.2) is 9.59 Å². The number of ether oxygens (including phenoxy) is 2. The normalized spacial score (nSPS) is 17.8. The predicted octanol–water partition coefficient (Wildman–Crippen LogP) is 3.15. The molecule has 0 saturated carbocycles. The van der Waals surface area contributed by atoms with Crippen molar-refractivity contribution < 1.29 is 19.1 Å². The van der Waals surface area contributed by atoms with Crippen molar-refractivity contribution in [1.29, 1.82) is 0 Å². The standard InChI is InChI=1S/C16H18Cl2N2O4/c1-9-13(15(21)24-7-6-23-3)14(19-16(22)20(9)2)10-4-5-11(17)12(18)8-10/h4-5,8,14H,6-7H2,1-3H3,(H,19,22). The van der Waals surface area contributed by atoms with Gasteiger partial charge in [0, 0.05) is 19.9 Å². The van der Waals surface area contributed by atoms with E-state index in [1.165, 1.54) is 12.0 Å². The minimum absolute atomic E-state index is 0.123. The van der Waals surface area contributed by atoms with Gasteiger partial charge in [0.05, 0.1) is 28.3 Å². The van der Waals surface area contributed by atoms with Crippen LogP contribution < -0.4 is 5.32 Å². The van der Waals surface area contributed by atoms with Crippen LogP contribution >= 0.6 is 23.2 Å². The smallest absolute Gasteiger partial charge is 0.338 e. The second-order valence-electron chi connectivity index (χ2n) is 5.24. The van der Waals surface area contributed by atoms with Crippen molar-refractivity contribution in [3.05, 3.63) is 45.1 Å². The van der Waals surface area contributed by atoms with Gasteiger partial charge in [0.1, 0.15) is 6.61 Å². The Balaban J connectivity index is 2.40. The molecule has 1 aromatic rings. The third kappa shape index (κ3) is 3.83. The molecule has 0 aromatic heterocycles. The second kappa shape index (κ2) is 7.88. The summed E-state index contributed by atoms with van der Waals surface area (Å²) in [5.41, 5.74) is 1.49. The third-order valence-corrected chi connectivity index (χ3v) is 4.51. The number of hydrogen-bond donors (Lipinski definition) is 1. The van der Waals surface area contributed by atoms with Gasteiger partial charge >= 0.3 is 12.0 Å². The average molecular weight is 373 g/mol. The van der Waals surface area contributed by atoms with Gasteiger partial charge in [0.2, 0.25) is 0 Å². The number of esters is 1. The van der Waals surface area contributed by atoms with Crippen LogP contribution in [0, 0.1) is 0 Å². The van der Waals surface area contributed by atoms with Gasteiger partial charge in [-0.1, -0.05) is 29.3 Å². The highest BCUT2D eigenvalue weighted by atomic mass is 35.5. The van der Waals surface area contributed by atoms with Crippen LogP contribution in [0.3, 0.4) is 0 Å². The molecule has 24 heavy (non-hydrogen) atoms. The molecule has 2 rings (SSSR count). The Morgan fingerprint density at radius 1 is 1.29 bits per heavy atom. The molecule has 1 aliphatic rings. The number of rotatable bonds is 5. The lowest BCUT2D eigenvalue weighted by atomic mass is 9.95. The van der Waals surface area contributed by atoms with Crippen molar-refractivity contribution in [2.75, 3.05) is 27.4 Å². The van der Waals surface area contributed by atoms with Crippen LogP contribution in [0.1, 0.15) is 18.5 Å². The summed E-state index contributed by atoms with van der Waals surface area (Å²) >= 11 is 12.0. The zero-order valence-corrected chi connectivity index (χ0v) is 15.1. The number of nitrogens with zero attached hydrogens (tertiary/aromatic N) is 1. The number of carbonyl (C=O) groups excluding carboxylic acids is 2. The fraction of sp³-hybridized carbons (Fsp3) is 0.375. The van der Waals surface area contributed by atoms with Crippen LogP contribution in [-0.4, -0.2) is 44.3 Å². The van der Waals surface area contributed by atoms with E-state index in [1.54, 1.807) is 32.2 Å². The molecular weight excluding hydrogens is 355 g/mol.